The Morgan fingerprint density at radius 1 is 0.882 bits per heavy atom. The second-order valence-electron chi connectivity index (χ2n) is 13.8. The van der Waals surface area contributed by atoms with Gasteiger partial charge in [-0.2, -0.15) is 0 Å². The number of aromatic nitrogens is 2. The fourth-order valence-electron chi connectivity index (χ4n) is 5.31. The summed E-state index contributed by atoms with van der Waals surface area (Å²) in [5.41, 5.74) is 0.611. The third kappa shape index (κ3) is 9.62. The van der Waals surface area contributed by atoms with Gasteiger partial charge in [0.25, 0.3) is 5.56 Å². The fourth-order valence-corrected chi connectivity index (χ4v) is 6.35. The van der Waals surface area contributed by atoms with E-state index in [4.69, 9.17) is 23.4 Å². The lowest BCUT2D eigenvalue weighted by molar-refractivity contribution is -0.137. The molecule has 3 aromatic carbocycles. The number of H-pyrrole nitrogens is 1. The Balaban J connectivity index is 1.86. The SMILES string of the molecule is CCOC(=O)/C=C/[C@@H](O[C@H](COC(c1ccccc1)(c1ccccc1)c1ccc(OC)cc1)CO[Si](C)(C)C(C)(C)C)n1cc(C)c(=O)[nH]c1=O. The molecule has 0 aliphatic carbocycles. The highest BCUT2D eigenvalue weighted by Gasteiger charge is 2.41. The molecular weight excluding hydrogens is 665 g/mol. The molecular formula is C40H50N2O8Si. The van der Waals surface area contributed by atoms with E-state index in [1.807, 2.05) is 84.9 Å². The molecule has 0 unspecified atom stereocenters. The monoisotopic (exact) mass is 714 g/mol. The number of nitrogens with zero attached hydrogens (tertiary/aromatic N) is 1. The molecule has 0 aliphatic rings. The zero-order chi connectivity index (χ0) is 37.2. The number of carbonyl (C=O) groups is 1. The summed E-state index contributed by atoms with van der Waals surface area (Å²) < 4.78 is 32.4. The summed E-state index contributed by atoms with van der Waals surface area (Å²) in [4.78, 5) is 40.3. The van der Waals surface area contributed by atoms with Gasteiger partial charge >= 0.3 is 11.7 Å². The number of aryl methyl sites for hydroxylation is 1. The van der Waals surface area contributed by atoms with Crippen LogP contribution < -0.4 is 16.0 Å². The van der Waals surface area contributed by atoms with Crippen molar-refractivity contribution in [1.82, 2.24) is 9.55 Å². The molecule has 0 radical (unpaired) electrons. The van der Waals surface area contributed by atoms with Gasteiger partial charge in [-0.25, -0.2) is 9.59 Å². The van der Waals surface area contributed by atoms with Gasteiger partial charge in [0.15, 0.2) is 14.5 Å². The highest BCUT2D eigenvalue weighted by molar-refractivity contribution is 6.74. The molecule has 1 aromatic heterocycles. The summed E-state index contributed by atoms with van der Waals surface area (Å²) in [6.07, 6.45) is 2.16. The molecule has 2 atom stereocenters. The van der Waals surface area contributed by atoms with E-state index in [-0.39, 0.29) is 24.9 Å². The van der Waals surface area contributed by atoms with Crippen molar-refractivity contribution in [3.63, 3.8) is 0 Å². The van der Waals surface area contributed by atoms with Gasteiger partial charge in [-0.15, -0.1) is 0 Å². The van der Waals surface area contributed by atoms with E-state index in [1.54, 1.807) is 21.0 Å². The van der Waals surface area contributed by atoms with Crippen LogP contribution in [0.15, 0.2) is 113 Å². The van der Waals surface area contributed by atoms with Crippen LogP contribution in [0.4, 0.5) is 0 Å². The Morgan fingerprint density at radius 2 is 1.45 bits per heavy atom. The smallest absolute Gasteiger partial charge is 0.330 e. The quantitative estimate of drug-likeness (QED) is 0.0578. The average Bonchev–Trinajstić information content (AvgIpc) is 3.11. The number of hydrogen-bond acceptors (Lipinski definition) is 8. The van der Waals surface area contributed by atoms with Crippen LogP contribution in [0.2, 0.25) is 18.1 Å². The molecule has 0 amide bonds. The number of hydrogen-bond donors (Lipinski definition) is 1. The first kappa shape index (κ1) is 39.2. The highest BCUT2D eigenvalue weighted by Crippen LogP contribution is 2.42. The predicted molar refractivity (Wildman–Crippen MR) is 201 cm³/mol. The molecule has 0 saturated carbocycles. The van der Waals surface area contributed by atoms with Crippen molar-refractivity contribution in [2.24, 2.45) is 0 Å². The molecule has 0 aliphatic heterocycles. The van der Waals surface area contributed by atoms with E-state index in [2.05, 4.69) is 38.8 Å². The van der Waals surface area contributed by atoms with Gasteiger partial charge in [0.1, 0.15) is 17.5 Å². The molecule has 0 spiro atoms. The van der Waals surface area contributed by atoms with E-state index in [1.165, 1.54) is 22.9 Å². The van der Waals surface area contributed by atoms with Crippen molar-refractivity contribution in [3.8, 4) is 5.75 Å². The van der Waals surface area contributed by atoms with Gasteiger partial charge in [0, 0.05) is 17.8 Å². The Hall–Kier alpha value is -4.55. The number of aromatic amines is 1. The highest BCUT2D eigenvalue weighted by atomic mass is 28.4. The van der Waals surface area contributed by atoms with E-state index >= 15 is 0 Å². The Labute approximate surface area is 301 Å². The Kier molecular flexibility index (Phi) is 13.2. The lowest BCUT2D eigenvalue weighted by Crippen LogP contribution is -2.45. The number of nitrogens with one attached hydrogen (secondary N) is 1. The Morgan fingerprint density at radius 3 is 1.98 bits per heavy atom. The number of benzene rings is 3. The van der Waals surface area contributed by atoms with Crippen LogP contribution in [0.3, 0.4) is 0 Å². The summed E-state index contributed by atoms with van der Waals surface area (Å²) in [7, 11) is -0.683. The standard InChI is InChI=1S/C40H50N2O8Si/c1-9-47-36(43)25-24-35(42-26-29(2)37(44)41-38(42)45)50-34(28-49-51(7,8)39(3,4)5)27-48-40(30-16-12-10-13-17-30,31-18-14-11-15-19-31)32-20-22-33(46-6)23-21-32/h10-26,34-35H,9,27-28H2,1-8H3,(H,41,44,45)/b25-24+/t34-,35-/m1/s1. The number of ether oxygens (including phenoxy) is 4. The van der Waals surface area contributed by atoms with Crippen molar-refractivity contribution in [2.75, 3.05) is 26.9 Å². The Bertz CT molecular complexity index is 1820. The van der Waals surface area contributed by atoms with Gasteiger partial charge in [0.2, 0.25) is 0 Å². The lowest BCUT2D eigenvalue weighted by Gasteiger charge is -2.39. The third-order valence-corrected chi connectivity index (χ3v) is 13.7. The maximum atomic E-state index is 13.2. The molecule has 272 valence electrons. The molecule has 0 saturated heterocycles. The van der Waals surface area contributed by atoms with Crippen molar-refractivity contribution >= 4 is 14.3 Å². The molecule has 1 heterocycles. The number of esters is 1. The third-order valence-electron chi connectivity index (χ3n) is 9.21. The first-order valence-corrected chi connectivity index (χ1v) is 20.0. The van der Waals surface area contributed by atoms with Crippen molar-refractivity contribution in [1.29, 1.82) is 0 Å². The second kappa shape index (κ2) is 17.1. The largest absolute Gasteiger partial charge is 0.497 e. The number of methoxy groups -OCH3 is 1. The minimum absolute atomic E-state index is 0.00523. The first-order valence-electron chi connectivity index (χ1n) is 17.1. The van der Waals surface area contributed by atoms with Crippen LogP contribution in [-0.2, 0) is 29.0 Å². The molecule has 10 nitrogen and oxygen atoms in total. The van der Waals surface area contributed by atoms with Crippen molar-refractivity contribution in [3.05, 3.63) is 146 Å². The maximum absolute atomic E-state index is 13.2. The molecule has 51 heavy (non-hydrogen) atoms. The molecule has 1 N–H and O–H groups in total. The molecule has 11 heteroatoms. The van der Waals surface area contributed by atoms with E-state index in [0.717, 1.165) is 16.7 Å². The summed E-state index contributed by atoms with van der Waals surface area (Å²) in [5, 5.41) is -0.102. The van der Waals surface area contributed by atoms with Gasteiger partial charge < -0.3 is 23.4 Å². The summed E-state index contributed by atoms with van der Waals surface area (Å²) >= 11 is 0. The average molecular weight is 715 g/mol. The number of rotatable bonds is 16. The minimum atomic E-state index is -2.31. The molecule has 4 rings (SSSR count). The molecule has 4 aromatic rings. The van der Waals surface area contributed by atoms with E-state index in [0.29, 0.717) is 11.3 Å². The van der Waals surface area contributed by atoms with Crippen LogP contribution in [0.25, 0.3) is 0 Å². The van der Waals surface area contributed by atoms with Gasteiger partial charge in [-0.05, 0) is 66.9 Å². The van der Waals surface area contributed by atoms with Crippen LogP contribution in [0.5, 0.6) is 5.75 Å². The normalized spacial score (nSPS) is 13.6. The molecule has 0 fully saturated rings. The first-order chi connectivity index (χ1) is 24.2. The minimum Gasteiger partial charge on any atom is -0.497 e. The summed E-state index contributed by atoms with van der Waals surface area (Å²) in [6.45, 7) is 14.3. The lowest BCUT2D eigenvalue weighted by atomic mass is 9.80. The van der Waals surface area contributed by atoms with E-state index < -0.39 is 43.5 Å². The van der Waals surface area contributed by atoms with Gasteiger partial charge in [0.05, 0.1) is 26.9 Å². The van der Waals surface area contributed by atoms with Gasteiger partial charge in [-0.3, -0.25) is 14.3 Å². The van der Waals surface area contributed by atoms with Crippen LogP contribution in [-0.4, -0.2) is 56.9 Å². The predicted octanol–water partition coefficient (Wildman–Crippen LogP) is 6.89. The number of carbonyl (C=O) groups excluding carboxylic acids is 1. The van der Waals surface area contributed by atoms with Crippen molar-refractivity contribution < 1.29 is 28.2 Å². The van der Waals surface area contributed by atoms with Crippen LogP contribution in [0, 0.1) is 6.92 Å². The van der Waals surface area contributed by atoms with Crippen molar-refractivity contribution in [2.45, 2.75) is 70.7 Å². The van der Waals surface area contributed by atoms with E-state index in [9.17, 15) is 14.4 Å². The molecule has 0 bridgehead atoms. The fraction of sp³-hybridized carbons (Fsp3) is 0.375. The van der Waals surface area contributed by atoms with Gasteiger partial charge in [-0.1, -0.05) is 93.6 Å². The zero-order valence-electron chi connectivity index (χ0n) is 30.8. The topological polar surface area (TPSA) is 118 Å². The summed E-state index contributed by atoms with van der Waals surface area (Å²) in [5.74, 6) is 0.105. The maximum Gasteiger partial charge on any atom is 0.330 e. The summed E-state index contributed by atoms with van der Waals surface area (Å²) in [6, 6.07) is 27.6. The second-order valence-corrected chi connectivity index (χ2v) is 18.6. The van der Waals surface area contributed by atoms with Crippen LogP contribution in [0.1, 0.15) is 56.2 Å². The van der Waals surface area contributed by atoms with Crippen LogP contribution >= 0.6 is 0 Å². The zero-order valence-corrected chi connectivity index (χ0v) is 31.8.